The summed E-state index contributed by atoms with van der Waals surface area (Å²) in [5.74, 6) is -3.55. The number of hydrogen-bond donors (Lipinski definition) is 0. The fraction of sp³-hybridized carbons (Fsp3) is 0.400. The van der Waals surface area contributed by atoms with E-state index in [-0.39, 0.29) is 11.3 Å². The summed E-state index contributed by atoms with van der Waals surface area (Å²) in [6.45, 7) is 0.772. The van der Waals surface area contributed by atoms with Crippen LogP contribution in [0.4, 0.5) is 13.2 Å². The zero-order valence-corrected chi connectivity index (χ0v) is 9.82. The third kappa shape index (κ3) is 2.87. The molecule has 0 spiro atoms. The summed E-state index contributed by atoms with van der Waals surface area (Å²) in [5.41, 5.74) is 0.181. The second-order valence-corrected chi connectivity index (χ2v) is 4.13. The zero-order valence-electron chi connectivity index (χ0n) is 8.23. The van der Waals surface area contributed by atoms with Crippen LogP contribution in [-0.2, 0) is 0 Å². The van der Waals surface area contributed by atoms with Crippen molar-refractivity contribution in [3.63, 3.8) is 0 Å². The molecule has 84 valence electrons. The molecule has 1 aromatic rings. The van der Waals surface area contributed by atoms with Gasteiger partial charge in [-0.1, -0.05) is 22.0 Å². The van der Waals surface area contributed by atoms with E-state index in [0.29, 0.717) is 0 Å². The van der Waals surface area contributed by atoms with E-state index in [9.17, 15) is 13.2 Å². The van der Waals surface area contributed by atoms with Crippen LogP contribution < -0.4 is 4.74 Å². The van der Waals surface area contributed by atoms with E-state index in [0.717, 1.165) is 13.0 Å². The maximum absolute atomic E-state index is 13.2. The van der Waals surface area contributed by atoms with Crippen molar-refractivity contribution in [2.75, 3.05) is 7.11 Å². The minimum Gasteiger partial charge on any atom is -0.494 e. The minimum absolute atomic E-state index is 0.0397. The largest absolute Gasteiger partial charge is 0.494 e. The number of benzene rings is 1. The van der Waals surface area contributed by atoms with Crippen LogP contribution in [0.15, 0.2) is 18.2 Å². The molecule has 0 aliphatic carbocycles. The van der Waals surface area contributed by atoms with Crippen LogP contribution in [-0.4, -0.2) is 13.0 Å². The Morgan fingerprint density at radius 1 is 1.40 bits per heavy atom. The monoisotopic (exact) mass is 282 g/mol. The molecule has 0 heterocycles. The summed E-state index contributed by atoms with van der Waals surface area (Å²) >= 11 is 2.83. The van der Waals surface area contributed by atoms with E-state index in [4.69, 9.17) is 0 Å². The molecule has 1 rings (SSSR count). The Morgan fingerprint density at radius 3 is 2.40 bits per heavy atom. The van der Waals surface area contributed by atoms with Gasteiger partial charge in [-0.25, -0.2) is 13.2 Å². The van der Waals surface area contributed by atoms with Crippen LogP contribution in [0.3, 0.4) is 0 Å². The number of halogens is 4. The lowest BCUT2D eigenvalue weighted by Crippen LogP contribution is -2.17. The lowest BCUT2D eigenvalue weighted by molar-refractivity contribution is 0.0212. The second-order valence-electron chi connectivity index (χ2n) is 3.21. The Morgan fingerprint density at radius 2 is 2.00 bits per heavy atom. The SMILES string of the molecule is COc1ccc(C(Br)C(C)(F)F)cc1F. The molecule has 0 bridgehead atoms. The van der Waals surface area contributed by atoms with Crippen molar-refractivity contribution in [1.82, 2.24) is 0 Å². The second kappa shape index (κ2) is 4.43. The molecule has 0 aliphatic heterocycles. The van der Waals surface area contributed by atoms with Crippen molar-refractivity contribution in [3.05, 3.63) is 29.6 Å². The highest BCUT2D eigenvalue weighted by molar-refractivity contribution is 9.09. The zero-order chi connectivity index (χ0) is 11.6. The van der Waals surface area contributed by atoms with Gasteiger partial charge in [0.2, 0.25) is 0 Å². The molecule has 0 saturated carbocycles. The van der Waals surface area contributed by atoms with Gasteiger partial charge in [-0.05, 0) is 17.7 Å². The average molecular weight is 283 g/mol. The van der Waals surface area contributed by atoms with E-state index in [1.807, 2.05) is 0 Å². The van der Waals surface area contributed by atoms with Gasteiger partial charge in [0.25, 0.3) is 5.92 Å². The van der Waals surface area contributed by atoms with Gasteiger partial charge in [-0.15, -0.1) is 0 Å². The molecule has 1 aromatic carbocycles. The van der Waals surface area contributed by atoms with E-state index in [1.54, 1.807) is 0 Å². The number of methoxy groups -OCH3 is 1. The first-order chi connectivity index (χ1) is 6.86. The predicted molar refractivity (Wildman–Crippen MR) is 55.2 cm³/mol. The first-order valence-corrected chi connectivity index (χ1v) is 5.13. The predicted octanol–water partition coefficient (Wildman–Crippen LogP) is 3.93. The van der Waals surface area contributed by atoms with Gasteiger partial charge in [0.05, 0.1) is 7.11 Å². The van der Waals surface area contributed by atoms with E-state index in [1.165, 1.54) is 19.2 Å². The Balaban J connectivity index is 3.02. The topological polar surface area (TPSA) is 9.23 Å². The quantitative estimate of drug-likeness (QED) is 0.764. The molecular formula is C10H10BrF3O. The molecule has 0 fully saturated rings. The summed E-state index contributed by atoms with van der Waals surface area (Å²) < 4.78 is 43.7. The van der Waals surface area contributed by atoms with Gasteiger partial charge >= 0.3 is 0 Å². The van der Waals surface area contributed by atoms with Crippen LogP contribution in [0.25, 0.3) is 0 Å². The van der Waals surface area contributed by atoms with Gasteiger partial charge in [-0.3, -0.25) is 0 Å². The van der Waals surface area contributed by atoms with Crippen LogP contribution in [0, 0.1) is 5.82 Å². The van der Waals surface area contributed by atoms with Crippen LogP contribution in [0.1, 0.15) is 17.3 Å². The first-order valence-electron chi connectivity index (χ1n) is 4.21. The molecule has 0 N–H and O–H groups in total. The van der Waals surface area contributed by atoms with Crippen molar-refractivity contribution in [2.45, 2.75) is 17.7 Å². The number of alkyl halides is 3. The Bertz CT molecular complexity index is 349. The highest BCUT2D eigenvalue weighted by Gasteiger charge is 2.33. The maximum atomic E-state index is 13.2. The van der Waals surface area contributed by atoms with Gasteiger partial charge in [0, 0.05) is 6.92 Å². The Hall–Kier alpha value is -0.710. The summed E-state index contributed by atoms with van der Waals surface area (Å²) in [7, 11) is 1.32. The lowest BCUT2D eigenvalue weighted by Gasteiger charge is -2.18. The van der Waals surface area contributed by atoms with Gasteiger partial charge in [-0.2, -0.15) is 0 Å². The van der Waals surface area contributed by atoms with Gasteiger partial charge in [0.1, 0.15) is 4.83 Å². The molecule has 0 saturated heterocycles. The van der Waals surface area contributed by atoms with Crippen LogP contribution >= 0.6 is 15.9 Å². The Labute approximate surface area is 94.4 Å². The molecular weight excluding hydrogens is 273 g/mol. The molecule has 1 atom stereocenters. The number of ether oxygens (including phenoxy) is 1. The fourth-order valence-electron chi connectivity index (χ4n) is 1.13. The summed E-state index contributed by atoms with van der Waals surface area (Å²) in [6.07, 6.45) is 0. The molecule has 0 amide bonds. The van der Waals surface area contributed by atoms with Crippen LogP contribution in [0.5, 0.6) is 5.75 Å². The van der Waals surface area contributed by atoms with Crippen molar-refractivity contribution in [3.8, 4) is 5.75 Å². The summed E-state index contributed by atoms with van der Waals surface area (Å²) in [4.78, 5) is -1.20. The molecule has 15 heavy (non-hydrogen) atoms. The van der Waals surface area contributed by atoms with E-state index in [2.05, 4.69) is 20.7 Å². The average Bonchev–Trinajstić information content (AvgIpc) is 2.15. The Kier molecular flexibility index (Phi) is 3.65. The van der Waals surface area contributed by atoms with Gasteiger partial charge < -0.3 is 4.74 Å². The third-order valence-corrected chi connectivity index (χ3v) is 3.25. The molecule has 5 heteroatoms. The maximum Gasteiger partial charge on any atom is 0.261 e. The molecule has 0 aliphatic rings. The minimum atomic E-state index is -2.94. The number of rotatable bonds is 3. The molecule has 1 nitrogen and oxygen atoms in total. The lowest BCUT2D eigenvalue weighted by atomic mass is 10.1. The van der Waals surface area contributed by atoms with Gasteiger partial charge in [0.15, 0.2) is 11.6 Å². The highest BCUT2D eigenvalue weighted by Crippen LogP contribution is 2.39. The third-order valence-electron chi connectivity index (χ3n) is 1.91. The molecule has 0 radical (unpaired) electrons. The fourth-order valence-corrected chi connectivity index (χ4v) is 1.42. The summed E-state index contributed by atoms with van der Waals surface area (Å²) in [6, 6.07) is 3.76. The normalized spacial score (nSPS) is 13.7. The van der Waals surface area contributed by atoms with Crippen molar-refractivity contribution < 1.29 is 17.9 Å². The standard InChI is InChI=1S/C10H10BrF3O/c1-10(13,14)9(11)6-3-4-8(15-2)7(12)5-6/h3-5,9H,1-2H3. The highest BCUT2D eigenvalue weighted by atomic mass is 79.9. The molecule has 0 aromatic heterocycles. The number of hydrogen-bond acceptors (Lipinski definition) is 1. The summed E-state index contributed by atoms with van der Waals surface area (Å²) in [5, 5.41) is 0. The van der Waals surface area contributed by atoms with Crippen molar-refractivity contribution >= 4 is 15.9 Å². The van der Waals surface area contributed by atoms with Crippen LogP contribution in [0.2, 0.25) is 0 Å². The first kappa shape index (κ1) is 12.4. The van der Waals surface area contributed by atoms with E-state index < -0.39 is 16.6 Å². The van der Waals surface area contributed by atoms with Crippen molar-refractivity contribution in [2.24, 2.45) is 0 Å². The molecule has 1 unspecified atom stereocenters. The smallest absolute Gasteiger partial charge is 0.261 e. The van der Waals surface area contributed by atoms with Crippen molar-refractivity contribution in [1.29, 1.82) is 0 Å². The van der Waals surface area contributed by atoms with E-state index >= 15 is 0 Å².